The highest BCUT2D eigenvalue weighted by Crippen LogP contribution is 2.06. The van der Waals surface area contributed by atoms with Crippen molar-refractivity contribution in [2.24, 2.45) is 0 Å². The lowest BCUT2D eigenvalue weighted by Crippen LogP contribution is -3.00. The first kappa shape index (κ1) is 16.1. The van der Waals surface area contributed by atoms with Crippen LogP contribution in [0, 0.1) is 0 Å². The second-order valence-electron chi connectivity index (χ2n) is 3.20. The lowest BCUT2D eigenvalue weighted by atomic mass is 10.3. The number of aliphatic hydroxyl groups is 1. The van der Waals surface area contributed by atoms with Gasteiger partial charge in [-0.25, -0.2) is 0 Å². The highest BCUT2D eigenvalue weighted by Gasteiger charge is 2.21. The minimum absolute atomic E-state index is 0. The molecule has 0 aliphatic heterocycles. The molecule has 0 fully saturated rings. The first-order valence-corrected chi connectivity index (χ1v) is 4.53. The molecule has 0 aliphatic rings. The van der Waals surface area contributed by atoms with Gasteiger partial charge >= 0.3 is 0 Å². The molecule has 82 valence electrons. The van der Waals surface area contributed by atoms with E-state index in [4.69, 9.17) is 5.11 Å². The number of rotatable bonds is 8. The number of quaternary nitrogens is 1. The molecule has 0 spiro atoms. The van der Waals surface area contributed by atoms with Gasteiger partial charge < -0.3 is 26.6 Å². The molecule has 2 nitrogen and oxygen atoms in total. The summed E-state index contributed by atoms with van der Waals surface area (Å²) in [6.45, 7) is 14.6. The van der Waals surface area contributed by atoms with Gasteiger partial charge in [-0.3, -0.25) is 0 Å². The SMILES string of the molecule is C=CC[N+](CC=C)(CC=C)CCO.[Br-]. The molecular formula is C11H20BrNO. The lowest BCUT2D eigenvalue weighted by Gasteiger charge is -2.35. The molecule has 0 aromatic rings. The Labute approximate surface area is 97.6 Å². The van der Waals surface area contributed by atoms with Gasteiger partial charge in [0, 0.05) is 0 Å². The molecule has 3 heteroatoms. The Balaban J connectivity index is 0. The van der Waals surface area contributed by atoms with E-state index in [0.717, 1.165) is 30.7 Å². The summed E-state index contributed by atoms with van der Waals surface area (Å²) in [6, 6.07) is 0. The summed E-state index contributed by atoms with van der Waals surface area (Å²) < 4.78 is 0.771. The summed E-state index contributed by atoms with van der Waals surface area (Å²) in [7, 11) is 0. The van der Waals surface area contributed by atoms with Gasteiger partial charge in [-0.2, -0.15) is 0 Å². The van der Waals surface area contributed by atoms with E-state index < -0.39 is 0 Å². The number of aliphatic hydroxyl groups excluding tert-OH is 1. The van der Waals surface area contributed by atoms with Crippen LogP contribution in [0.15, 0.2) is 38.0 Å². The fourth-order valence-electron chi connectivity index (χ4n) is 1.53. The summed E-state index contributed by atoms with van der Waals surface area (Å²) in [4.78, 5) is 0. The van der Waals surface area contributed by atoms with Crippen molar-refractivity contribution in [3.05, 3.63) is 38.0 Å². The van der Waals surface area contributed by atoms with Crippen LogP contribution >= 0.6 is 0 Å². The first-order chi connectivity index (χ1) is 6.24. The van der Waals surface area contributed by atoms with Crippen LogP contribution in [0.25, 0.3) is 0 Å². The van der Waals surface area contributed by atoms with Gasteiger partial charge in [0.1, 0.15) is 6.54 Å². The molecule has 0 bridgehead atoms. The van der Waals surface area contributed by atoms with Gasteiger partial charge in [0.2, 0.25) is 0 Å². The van der Waals surface area contributed by atoms with Crippen molar-refractivity contribution in [1.82, 2.24) is 0 Å². The summed E-state index contributed by atoms with van der Waals surface area (Å²) >= 11 is 0. The topological polar surface area (TPSA) is 20.2 Å². The molecule has 0 radical (unpaired) electrons. The van der Waals surface area contributed by atoms with Crippen molar-refractivity contribution in [2.45, 2.75) is 0 Å². The quantitative estimate of drug-likeness (QED) is 0.411. The molecule has 0 saturated carbocycles. The zero-order valence-corrected chi connectivity index (χ0v) is 10.2. The lowest BCUT2D eigenvalue weighted by molar-refractivity contribution is -0.912. The zero-order valence-electron chi connectivity index (χ0n) is 8.66. The largest absolute Gasteiger partial charge is 1.00 e. The molecule has 0 unspecified atom stereocenters. The third-order valence-corrected chi connectivity index (χ3v) is 2.12. The fourth-order valence-corrected chi connectivity index (χ4v) is 1.53. The Hall–Kier alpha value is -0.380. The van der Waals surface area contributed by atoms with E-state index in [0.29, 0.717) is 0 Å². The van der Waals surface area contributed by atoms with Gasteiger partial charge in [-0.15, -0.1) is 0 Å². The van der Waals surface area contributed by atoms with Crippen molar-refractivity contribution in [2.75, 3.05) is 32.8 Å². The standard InChI is InChI=1S/C11H20NO.BrH/c1-4-7-12(8-5-2,9-6-3)10-11-13;/h4-6,13H,1-3,7-11H2;1H/q+1;/p-1. The Morgan fingerprint density at radius 1 is 0.929 bits per heavy atom. The number of hydrogen-bond donors (Lipinski definition) is 1. The predicted molar refractivity (Wildman–Crippen MR) is 57.4 cm³/mol. The molecule has 1 N–H and O–H groups in total. The molecule has 0 amide bonds. The molecule has 0 heterocycles. The van der Waals surface area contributed by atoms with Gasteiger partial charge in [0.15, 0.2) is 0 Å². The highest BCUT2D eigenvalue weighted by molar-refractivity contribution is 4.76. The number of hydrogen-bond acceptors (Lipinski definition) is 1. The van der Waals surface area contributed by atoms with Crippen molar-refractivity contribution in [3.8, 4) is 0 Å². The van der Waals surface area contributed by atoms with Crippen LogP contribution in [0.3, 0.4) is 0 Å². The maximum Gasteiger partial charge on any atom is 0.103 e. The monoisotopic (exact) mass is 261 g/mol. The van der Waals surface area contributed by atoms with Crippen molar-refractivity contribution in [3.63, 3.8) is 0 Å². The predicted octanol–water partition coefficient (Wildman–Crippen LogP) is -1.64. The normalized spacial score (nSPS) is 10.1. The van der Waals surface area contributed by atoms with Gasteiger partial charge in [-0.05, 0) is 18.2 Å². The van der Waals surface area contributed by atoms with Crippen molar-refractivity contribution < 1.29 is 26.6 Å². The average molecular weight is 262 g/mol. The second-order valence-corrected chi connectivity index (χ2v) is 3.20. The summed E-state index contributed by atoms with van der Waals surface area (Å²) in [5, 5.41) is 8.96. The maximum absolute atomic E-state index is 8.96. The van der Waals surface area contributed by atoms with Crippen LogP contribution in [-0.4, -0.2) is 42.4 Å². The molecule has 0 aliphatic carbocycles. The van der Waals surface area contributed by atoms with Crippen LogP contribution in [0.4, 0.5) is 0 Å². The molecule has 14 heavy (non-hydrogen) atoms. The molecule has 0 aromatic heterocycles. The third-order valence-electron chi connectivity index (χ3n) is 2.12. The van der Waals surface area contributed by atoms with E-state index in [1.54, 1.807) is 0 Å². The molecule has 0 saturated heterocycles. The van der Waals surface area contributed by atoms with Crippen molar-refractivity contribution >= 4 is 0 Å². The van der Waals surface area contributed by atoms with Gasteiger partial charge in [0.25, 0.3) is 0 Å². The molecule has 0 atom stereocenters. The van der Waals surface area contributed by atoms with E-state index in [-0.39, 0.29) is 23.6 Å². The Morgan fingerprint density at radius 3 is 1.50 bits per heavy atom. The maximum atomic E-state index is 8.96. The zero-order chi connectivity index (χ0) is 10.2. The molecule has 0 rings (SSSR count). The van der Waals surface area contributed by atoms with Crippen LogP contribution in [-0.2, 0) is 0 Å². The van der Waals surface area contributed by atoms with Crippen molar-refractivity contribution in [1.29, 1.82) is 0 Å². The third kappa shape index (κ3) is 5.37. The smallest absolute Gasteiger partial charge is 0.103 e. The van der Waals surface area contributed by atoms with E-state index in [2.05, 4.69) is 19.7 Å². The average Bonchev–Trinajstić information content (AvgIpc) is 2.06. The minimum Gasteiger partial charge on any atom is -1.00 e. The summed E-state index contributed by atoms with van der Waals surface area (Å²) in [6.07, 6.45) is 5.63. The highest BCUT2D eigenvalue weighted by atomic mass is 79.9. The minimum atomic E-state index is 0. The van der Waals surface area contributed by atoms with E-state index in [1.165, 1.54) is 0 Å². The van der Waals surface area contributed by atoms with Crippen LogP contribution in [0.5, 0.6) is 0 Å². The Kier molecular flexibility index (Phi) is 10.5. The molecular weight excluding hydrogens is 242 g/mol. The summed E-state index contributed by atoms with van der Waals surface area (Å²) in [5.41, 5.74) is 0. The Morgan fingerprint density at radius 2 is 1.29 bits per heavy atom. The Bertz CT molecular complexity index is 154. The first-order valence-electron chi connectivity index (χ1n) is 4.53. The van der Waals surface area contributed by atoms with E-state index in [9.17, 15) is 0 Å². The number of nitrogens with zero attached hydrogens (tertiary/aromatic N) is 1. The molecule has 0 aromatic carbocycles. The van der Waals surface area contributed by atoms with Gasteiger partial charge in [0.05, 0.1) is 26.2 Å². The second kappa shape index (κ2) is 9.19. The van der Waals surface area contributed by atoms with Gasteiger partial charge in [-0.1, -0.05) is 19.7 Å². The fraction of sp³-hybridized carbons (Fsp3) is 0.455. The number of halogens is 1. The summed E-state index contributed by atoms with van der Waals surface area (Å²) in [5.74, 6) is 0. The van der Waals surface area contributed by atoms with E-state index in [1.807, 2.05) is 18.2 Å². The van der Waals surface area contributed by atoms with E-state index >= 15 is 0 Å². The van der Waals surface area contributed by atoms with Crippen LogP contribution < -0.4 is 17.0 Å². The van der Waals surface area contributed by atoms with Crippen LogP contribution in [0.2, 0.25) is 0 Å². The van der Waals surface area contributed by atoms with Crippen LogP contribution in [0.1, 0.15) is 0 Å².